The van der Waals surface area contributed by atoms with Gasteiger partial charge in [0, 0.05) is 17.8 Å². The van der Waals surface area contributed by atoms with Crippen LogP contribution in [0.2, 0.25) is 0 Å². The SMILES string of the molecule is O=[N+]([O-])c1ccc(NCn2[nH]c(-c3ccco3)nc2=S)cc1. The van der Waals surface area contributed by atoms with Crippen molar-refractivity contribution in [2.24, 2.45) is 0 Å². The number of H-pyrrole nitrogens is 1. The van der Waals surface area contributed by atoms with Gasteiger partial charge in [-0.3, -0.25) is 15.2 Å². The Labute approximate surface area is 129 Å². The van der Waals surface area contributed by atoms with Gasteiger partial charge >= 0.3 is 0 Å². The molecule has 3 rings (SSSR count). The number of furan rings is 1. The smallest absolute Gasteiger partial charge is 0.269 e. The molecule has 2 aromatic heterocycles. The molecule has 0 spiro atoms. The lowest BCUT2D eigenvalue weighted by Gasteiger charge is -2.06. The third-order valence-corrected chi connectivity index (χ3v) is 3.26. The van der Waals surface area contributed by atoms with Gasteiger partial charge in [0.2, 0.25) is 4.77 Å². The predicted octanol–water partition coefficient (Wildman–Crippen LogP) is 3.18. The molecule has 3 aromatic rings. The maximum atomic E-state index is 10.6. The molecule has 0 amide bonds. The number of nitrogens with zero attached hydrogens (tertiary/aromatic N) is 3. The first-order valence-electron chi connectivity index (χ1n) is 6.32. The number of rotatable bonds is 5. The lowest BCUT2D eigenvalue weighted by molar-refractivity contribution is -0.384. The van der Waals surface area contributed by atoms with Crippen LogP contribution in [0.15, 0.2) is 47.1 Å². The minimum absolute atomic E-state index is 0.0452. The van der Waals surface area contributed by atoms with E-state index in [2.05, 4.69) is 15.4 Å². The van der Waals surface area contributed by atoms with Crippen LogP contribution in [0.5, 0.6) is 0 Å². The van der Waals surface area contributed by atoms with E-state index in [-0.39, 0.29) is 5.69 Å². The molecule has 0 saturated heterocycles. The highest BCUT2D eigenvalue weighted by atomic mass is 32.1. The van der Waals surface area contributed by atoms with Crippen LogP contribution in [0.25, 0.3) is 11.6 Å². The van der Waals surface area contributed by atoms with Gasteiger partial charge in [0.15, 0.2) is 11.6 Å². The monoisotopic (exact) mass is 317 g/mol. The normalized spacial score (nSPS) is 10.5. The van der Waals surface area contributed by atoms with Gasteiger partial charge in [0.05, 0.1) is 11.2 Å². The molecule has 0 saturated carbocycles. The van der Waals surface area contributed by atoms with E-state index >= 15 is 0 Å². The van der Waals surface area contributed by atoms with E-state index in [0.29, 0.717) is 23.0 Å². The molecule has 0 atom stereocenters. The van der Waals surface area contributed by atoms with Gasteiger partial charge in [0.25, 0.3) is 5.69 Å². The van der Waals surface area contributed by atoms with Gasteiger partial charge in [-0.1, -0.05) is 0 Å². The summed E-state index contributed by atoms with van der Waals surface area (Å²) in [7, 11) is 0. The average molecular weight is 317 g/mol. The largest absolute Gasteiger partial charge is 0.461 e. The van der Waals surface area contributed by atoms with Gasteiger partial charge in [-0.05, 0) is 36.5 Å². The van der Waals surface area contributed by atoms with Crippen molar-refractivity contribution < 1.29 is 9.34 Å². The number of nitro groups is 1. The zero-order chi connectivity index (χ0) is 15.5. The molecule has 2 N–H and O–H groups in total. The second kappa shape index (κ2) is 5.82. The number of hydrogen-bond acceptors (Lipinski definition) is 6. The third-order valence-electron chi connectivity index (χ3n) is 2.95. The molecule has 22 heavy (non-hydrogen) atoms. The van der Waals surface area contributed by atoms with Crippen molar-refractivity contribution in [3.63, 3.8) is 0 Å². The van der Waals surface area contributed by atoms with Crippen molar-refractivity contribution in [1.29, 1.82) is 0 Å². The molecule has 0 aliphatic rings. The predicted molar refractivity (Wildman–Crippen MR) is 81.8 cm³/mol. The standard InChI is InChI=1S/C13H11N5O3S/c19-18(20)10-5-3-9(4-6-10)14-8-17-13(22)15-12(16-17)11-2-1-7-21-11/h1-7,14H,8H2,(H,15,16,22). The highest BCUT2D eigenvalue weighted by molar-refractivity contribution is 7.71. The zero-order valence-electron chi connectivity index (χ0n) is 11.2. The Balaban J connectivity index is 1.71. The summed E-state index contributed by atoms with van der Waals surface area (Å²) in [5.41, 5.74) is 0.783. The van der Waals surface area contributed by atoms with Gasteiger partial charge in [-0.2, -0.15) is 4.98 Å². The number of aromatic nitrogens is 3. The van der Waals surface area contributed by atoms with Crippen LogP contribution in [-0.4, -0.2) is 19.7 Å². The van der Waals surface area contributed by atoms with Crippen molar-refractivity contribution in [3.05, 3.63) is 57.5 Å². The first kappa shape index (κ1) is 14.0. The number of aromatic amines is 1. The lowest BCUT2D eigenvalue weighted by Crippen LogP contribution is -2.09. The van der Waals surface area contributed by atoms with Gasteiger partial charge in [0.1, 0.15) is 6.67 Å². The summed E-state index contributed by atoms with van der Waals surface area (Å²) in [5, 5.41) is 16.7. The molecule has 2 heterocycles. The maximum absolute atomic E-state index is 10.6. The van der Waals surface area contributed by atoms with Crippen LogP contribution in [0.1, 0.15) is 0 Å². The second-order valence-electron chi connectivity index (χ2n) is 4.40. The van der Waals surface area contributed by atoms with Gasteiger partial charge < -0.3 is 9.73 Å². The van der Waals surface area contributed by atoms with Gasteiger partial charge in [-0.15, -0.1) is 0 Å². The number of hydrogen-bond donors (Lipinski definition) is 2. The fraction of sp³-hybridized carbons (Fsp3) is 0.0769. The van der Waals surface area contributed by atoms with E-state index in [4.69, 9.17) is 16.6 Å². The molecule has 9 heteroatoms. The fourth-order valence-electron chi connectivity index (χ4n) is 1.86. The molecule has 0 radical (unpaired) electrons. The zero-order valence-corrected chi connectivity index (χ0v) is 12.0. The van der Waals surface area contributed by atoms with E-state index in [0.717, 1.165) is 5.69 Å². The van der Waals surface area contributed by atoms with Crippen LogP contribution in [0.4, 0.5) is 11.4 Å². The molecule has 0 unspecified atom stereocenters. The summed E-state index contributed by atoms with van der Waals surface area (Å²) in [5.74, 6) is 1.14. The lowest BCUT2D eigenvalue weighted by atomic mass is 10.3. The van der Waals surface area contributed by atoms with Crippen molar-refractivity contribution in [2.45, 2.75) is 6.67 Å². The van der Waals surface area contributed by atoms with Crippen LogP contribution >= 0.6 is 12.2 Å². The molecule has 0 aliphatic heterocycles. The van der Waals surface area contributed by atoms with Crippen LogP contribution in [-0.2, 0) is 6.67 Å². The highest BCUT2D eigenvalue weighted by Gasteiger charge is 2.07. The number of non-ortho nitro benzene ring substituents is 1. The minimum Gasteiger partial charge on any atom is -0.461 e. The molecule has 1 aromatic carbocycles. The summed E-state index contributed by atoms with van der Waals surface area (Å²) in [6, 6.07) is 9.67. The highest BCUT2D eigenvalue weighted by Crippen LogP contribution is 2.17. The Hall–Kier alpha value is -2.94. The third kappa shape index (κ3) is 2.88. The van der Waals surface area contributed by atoms with Crippen molar-refractivity contribution in [1.82, 2.24) is 14.8 Å². The molecule has 8 nitrogen and oxygen atoms in total. The van der Waals surface area contributed by atoms with E-state index in [1.165, 1.54) is 12.1 Å². The van der Waals surface area contributed by atoms with Crippen molar-refractivity contribution in [3.8, 4) is 11.6 Å². The second-order valence-corrected chi connectivity index (χ2v) is 4.76. The van der Waals surface area contributed by atoms with Crippen LogP contribution in [0, 0.1) is 14.9 Å². The summed E-state index contributed by atoms with van der Waals surface area (Å²) in [6.07, 6.45) is 1.56. The van der Waals surface area contributed by atoms with Crippen LogP contribution < -0.4 is 5.32 Å². The summed E-state index contributed by atoms with van der Waals surface area (Å²) in [4.78, 5) is 14.4. The average Bonchev–Trinajstić information content (AvgIpc) is 3.15. The molecule has 0 fully saturated rings. The summed E-state index contributed by atoms with van der Waals surface area (Å²) >= 11 is 5.17. The number of nitro benzene ring substituents is 1. The minimum atomic E-state index is -0.440. The fourth-order valence-corrected chi connectivity index (χ4v) is 2.06. The molecule has 0 aliphatic carbocycles. The Kier molecular flexibility index (Phi) is 3.71. The van der Waals surface area contributed by atoms with Crippen molar-refractivity contribution in [2.75, 3.05) is 5.32 Å². The van der Waals surface area contributed by atoms with Gasteiger partial charge in [-0.25, -0.2) is 4.68 Å². The topological polar surface area (TPSA) is 102 Å². The Morgan fingerprint density at radius 2 is 2.14 bits per heavy atom. The van der Waals surface area contributed by atoms with E-state index in [1.807, 2.05) is 0 Å². The first-order chi connectivity index (χ1) is 10.6. The molecular formula is C13H11N5O3S. The molecular weight excluding hydrogens is 306 g/mol. The quantitative estimate of drug-likeness (QED) is 0.426. The van der Waals surface area contributed by atoms with Crippen molar-refractivity contribution >= 4 is 23.6 Å². The number of nitrogens with one attached hydrogen (secondary N) is 2. The van der Waals surface area contributed by atoms with E-state index < -0.39 is 4.92 Å². The summed E-state index contributed by atoms with van der Waals surface area (Å²) in [6.45, 7) is 0.352. The first-order valence-corrected chi connectivity index (χ1v) is 6.73. The Bertz CT molecular complexity index is 835. The van der Waals surface area contributed by atoms with Crippen LogP contribution in [0.3, 0.4) is 0 Å². The Morgan fingerprint density at radius 3 is 2.77 bits per heavy atom. The summed E-state index contributed by atoms with van der Waals surface area (Å²) < 4.78 is 7.26. The molecule has 0 bridgehead atoms. The molecule has 112 valence electrons. The Morgan fingerprint density at radius 1 is 1.36 bits per heavy atom. The number of benzene rings is 1. The maximum Gasteiger partial charge on any atom is 0.269 e. The number of anilines is 1. The van der Waals surface area contributed by atoms with E-state index in [9.17, 15) is 10.1 Å². The van der Waals surface area contributed by atoms with E-state index in [1.54, 1.807) is 35.2 Å².